The van der Waals surface area contributed by atoms with Gasteiger partial charge in [0.25, 0.3) is 0 Å². The van der Waals surface area contributed by atoms with E-state index in [-0.39, 0.29) is 25.5 Å². The minimum Gasteiger partial charge on any atom is -0.480 e. The smallest absolute Gasteiger partial charge is 0.410 e. The molecule has 0 aromatic heterocycles. The number of carboxylic acids is 1. The van der Waals surface area contributed by atoms with Crippen LogP contribution in [-0.2, 0) is 14.3 Å². The van der Waals surface area contributed by atoms with E-state index in [0.717, 1.165) is 22.3 Å². The van der Waals surface area contributed by atoms with Crippen molar-refractivity contribution in [3.8, 4) is 11.1 Å². The van der Waals surface area contributed by atoms with Crippen molar-refractivity contribution in [2.45, 2.75) is 57.2 Å². The van der Waals surface area contributed by atoms with E-state index >= 15 is 0 Å². The Kier molecular flexibility index (Phi) is 6.50. The lowest BCUT2D eigenvalue weighted by Crippen LogP contribution is -2.56. The van der Waals surface area contributed by atoms with Crippen LogP contribution in [0.4, 0.5) is 9.59 Å². The van der Waals surface area contributed by atoms with E-state index < -0.39 is 35.8 Å². The fourth-order valence-corrected chi connectivity index (χ4v) is 4.70. The molecule has 1 aliphatic carbocycles. The molecule has 2 aliphatic rings. The van der Waals surface area contributed by atoms with Crippen molar-refractivity contribution in [1.29, 1.82) is 0 Å². The zero-order valence-corrected chi connectivity index (χ0v) is 19.6. The van der Waals surface area contributed by atoms with Gasteiger partial charge in [0.15, 0.2) is 0 Å². The highest BCUT2D eigenvalue weighted by atomic mass is 16.6. The molecule has 4 rings (SSSR count). The molecule has 2 aromatic rings. The average molecular weight is 467 g/mol. The Morgan fingerprint density at radius 1 is 1.00 bits per heavy atom. The molecule has 0 saturated carbocycles. The molecule has 8 nitrogen and oxygen atoms in total. The molecule has 34 heavy (non-hydrogen) atoms. The molecule has 1 aliphatic heterocycles. The molecule has 1 saturated heterocycles. The number of benzene rings is 2. The minimum atomic E-state index is -1.09. The minimum absolute atomic E-state index is 0.0346. The Bertz CT molecular complexity index is 1050. The number of ether oxygens (including phenoxy) is 2. The molecule has 1 heterocycles. The van der Waals surface area contributed by atoms with Gasteiger partial charge in [-0.2, -0.15) is 0 Å². The summed E-state index contributed by atoms with van der Waals surface area (Å²) in [5.41, 5.74) is 3.72. The summed E-state index contributed by atoms with van der Waals surface area (Å²) in [6.07, 6.45) is -0.674. The molecule has 0 bridgehead atoms. The molecule has 2 aromatic carbocycles. The second-order valence-electron chi connectivity index (χ2n) is 9.73. The Morgan fingerprint density at radius 2 is 1.59 bits per heavy atom. The van der Waals surface area contributed by atoms with Crippen molar-refractivity contribution < 1.29 is 29.0 Å². The predicted molar refractivity (Wildman–Crippen MR) is 126 cm³/mol. The van der Waals surface area contributed by atoms with Crippen molar-refractivity contribution in [2.75, 3.05) is 13.2 Å². The van der Waals surface area contributed by atoms with Crippen LogP contribution < -0.4 is 5.32 Å². The predicted octanol–water partition coefficient (Wildman–Crippen LogP) is 4.38. The fraction of sp³-hybridized carbons (Fsp3) is 0.423. The zero-order chi connectivity index (χ0) is 24.5. The number of nitrogens with zero attached hydrogens (tertiary/aromatic N) is 1. The number of rotatable bonds is 4. The molecular formula is C26H30N2O6. The van der Waals surface area contributed by atoms with E-state index in [2.05, 4.69) is 5.32 Å². The Balaban J connectivity index is 1.45. The molecule has 2 amide bonds. The van der Waals surface area contributed by atoms with Crippen molar-refractivity contribution in [3.05, 3.63) is 59.7 Å². The number of nitrogens with one attached hydrogen (secondary N) is 1. The third-order valence-electron chi connectivity index (χ3n) is 6.16. The number of aliphatic carboxylic acids is 1. The molecule has 2 N–H and O–H groups in total. The normalized spacial score (nSPS) is 19.7. The van der Waals surface area contributed by atoms with Crippen LogP contribution in [0.1, 0.15) is 50.7 Å². The van der Waals surface area contributed by atoms with Gasteiger partial charge >= 0.3 is 18.2 Å². The highest BCUT2D eigenvalue weighted by Crippen LogP contribution is 2.44. The lowest BCUT2D eigenvalue weighted by Gasteiger charge is -2.37. The van der Waals surface area contributed by atoms with Crippen LogP contribution in [0.15, 0.2) is 48.5 Å². The highest BCUT2D eigenvalue weighted by Gasteiger charge is 2.38. The molecule has 0 spiro atoms. The van der Waals surface area contributed by atoms with Crippen molar-refractivity contribution in [2.24, 2.45) is 0 Å². The number of carboxylic acid groups (broad SMARTS) is 1. The van der Waals surface area contributed by atoms with Gasteiger partial charge in [-0.3, -0.25) is 4.90 Å². The first kappa shape index (κ1) is 23.6. The summed E-state index contributed by atoms with van der Waals surface area (Å²) in [7, 11) is 0. The summed E-state index contributed by atoms with van der Waals surface area (Å²) >= 11 is 0. The maximum absolute atomic E-state index is 13.1. The molecule has 2 atom stereocenters. The number of hydrogen-bond donors (Lipinski definition) is 2. The van der Waals surface area contributed by atoms with Crippen LogP contribution in [-0.4, -0.2) is 59.0 Å². The van der Waals surface area contributed by atoms with E-state index in [1.807, 2.05) is 48.5 Å². The molecule has 180 valence electrons. The standard InChI is InChI=1S/C26H30N2O6/c1-26(2,3)34-24(31)27-16-12-13-22(23(29)30)28(14-16)25(32)33-15-21-19-10-6-4-8-17(19)18-9-5-7-11-20(18)21/h4-11,16,21-22H,12-15H2,1-3H3,(H,27,31)(H,29,30)/t16-,22+/m1/s1. The summed E-state index contributed by atoms with van der Waals surface area (Å²) in [5, 5.41) is 12.4. The number of fused-ring (bicyclic) bond motifs is 3. The summed E-state index contributed by atoms with van der Waals surface area (Å²) in [6.45, 7) is 5.41. The topological polar surface area (TPSA) is 105 Å². The van der Waals surface area contributed by atoms with E-state index in [1.165, 1.54) is 4.90 Å². The summed E-state index contributed by atoms with van der Waals surface area (Å²) in [6, 6.07) is 14.6. The molecule has 1 fully saturated rings. The molecule has 0 unspecified atom stereocenters. The quantitative estimate of drug-likeness (QED) is 0.693. The van der Waals surface area contributed by atoms with Crippen LogP contribution in [0.5, 0.6) is 0 Å². The van der Waals surface area contributed by atoms with E-state index in [0.29, 0.717) is 6.42 Å². The Morgan fingerprint density at radius 3 is 2.15 bits per heavy atom. The zero-order valence-electron chi connectivity index (χ0n) is 19.6. The fourth-order valence-electron chi connectivity index (χ4n) is 4.70. The number of piperidine rings is 1. The lowest BCUT2D eigenvalue weighted by atomic mass is 9.98. The summed E-state index contributed by atoms with van der Waals surface area (Å²) in [5.74, 6) is -1.22. The lowest BCUT2D eigenvalue weighted by molar-refractivity contribution is -0.144. The maximum atomic E-state index is 13.1. The second-order valence-corrected chi connectivity index (χ2v) is 9.73. The van der Waals surface area contributed by atoms with Gasteiger partial charge in [0.05, 0.1) is 6.04 Å². The second kappa shape index (κ2) is 9.37. The van der Waals surface area contributed by atoms with Crippen LogP contribution in [0.3, 0.4) is 0 Å². The van der Waals surface area contributed by atoms with E-state index in [4.69, 9.17) is 9.47 Å². The first-order chi connectivity index (χ1) is 16.1. The van der Waals surface area contributed by atoms with Gasteiger partial charge < -0.3 is 19.9 Å². The number of carbonyl (C=O) groups excluding carboxylic acids is 2. The highest BCUT2D eigenvalue weighted by molar-refractivity contribution is 5.81. The van der Waals surface area contributed by atoms with Crippen LogP contribution in [0.2, 0.25) is 0 Å². The van der Waals surface area contributed by atoms with E-state index in [9.17, 15) is 19.5 Å². The summed E-state index contributed by atoms with van der Waals surface area (Å²) in [4.78, 5) is 38.2. The Hall–Kier alpha value is -3.55. The van der Waals surface area contributed by atoms with Gasteiger partial charge in [-0.05, 0) is 55.9 Å². The van der Waals surface area contributed by atoms with Gasteiger partial charge in [-0.25, -0.2) is 14.4 Å². The van der Waals surface area contributed by atoms with Gasteiger partial charge in [0, 0.05) is 12.5 Å². The van der Waals surface area contributed by atoms with Gasteiger partial charge in [0.1, 0.15) is 18.2 Å². The largest absolute Gasteiger partial charge is 0.480 e. The van der Waals surface area contributed by atoms with Crippen molar-refractivity contribution in [1.82, 2.24) is 10.2 Å². The van der Waals surface area contributed by atoms with Crippen LogP contribution >= 0.6 is 0 Å². The molecule has 0 radical (unpaired) electrons. The maximum Gasteiger partial charge on any atom is 0.410 e. The van der Waals surface area contributed by atoms with Crippen molar-refractivity contribution in [3.63, 3.8) is 0 Å². The van der Waals surface area contributed by atoms with Gasteiger partial charge in [-0.15, -0.1) is 0 Å². The number of alkyl carbamates (subject to hydrolysis) is 1. The van der Waals surface area contributed by atoms with Gasteiger partial charge in [-0.1, -0.05) is 48.5 Å². The number of amides is 2. The van der Waals surface area contributed by atoms with Crippen molar-refractivity contribution >= 4 is 18.2 Å². The third kappa shape index (κ3) is 5.00. The molecular weight excluding hydrogens is 436 g/mol. The summed E-state index contributed by atoms with van der Waals surface area (Å²) < 4.78 is 11.0. The first-order valence-corrected chi connectivity index (χ1v) is 11.5. The SMILES string of the molecule is CC(C)(C)OC(=O)N[C@@H]1CC[C@@H](C(=O)O)N(C(=O)OCC2c3ccccc3-c3ccccc32)C1. The first-order valence-electron chi connectivity index (χ1n) is 11.5. The monoisotopic (exact) mass is 466 g/mol. The molecule has 8 heteroatoms. The van der Waals surface area contributed by atoms with Gasteiger partial charge in [0.2, 0.25) is 0 Å². The number of hydrogen-bond acceptors (Lipinski definition) is 5. The van der Waals surface area contributed by atoms with Crippen LogP contribution in [0.25, 0.3) is 11.1 Å². The number of likely N-dealkylation sites (tertiary alicyclic amines) is 1. The van der Waals surface area contributed by atoms with E-state index in [1.54, 1.807) is 20.8 Å². The van der Waals surface area contributed by atoms with Crippen LogP contribution in [0, 0.1) is 0 Å². The third-order valence-corrected chi connectivity index (χ3v) is 6.16. The average Bonchev–Trinajstić information content (AvgIpc) is 3.09. The number of carbonyl (C=O) groups is 3. The Labute approximate surface area is 198 Å².